The molecular formula is C19H16FN5O. The lowest BCUT2D eigenvalue weighted by molar-refractivity contribution is 0.0951. The van der Waals surface area contributed by atoms with Gasteiger partial charge in [-0.05, 0) is 67.3 Å². The highest BCUT2D eigenvalue weighted by Crippen LogP contribution is 2.24. The summed E-state index contributed by atoms with van der Waals surface area (Å²) >= 11 is 0. The molecule has 0 bridgehead atoms. The van der Waals surface area contributed by atoms with Gasteiger partial charge >= 0.3 is 0 Å². The summed E-state index contributed by atoms with van der Waals surface area (Å²) in [5, 5.41) is 23.0. The number of nitrogens with one attached hydrogen (secondary N) is 2. The first-order valence-corrected chi connectivity index (χ1v) is 8.44. The highest BCUT2D eigenvalue weighted by atomic mass is 19.1. The van der Waals surface area contributed by atoms with Crippen LogP contribution < -0.4 is 5.32 Å². The molecule has 130 valence electrons. The standard InChI is InChI=1S/C19H16FN5O/c20-14-6-11(4-12(7-14)10-21)5-13-8-17-18(24-25-23-17)9-15(13)19(26)16-2-1-3-22-16/h4,6-9,16,22H,1-3,5H2,(H,23,24,25). The van der Waals surface area contributed by atoms with Crippen molar-refractivity contribution in [1.29, 1.82) is 5.26 Å². The van der Waals surface area contributed by atoms with Crippen molar-refractivity contribution < 1.29 is 9.18 Å². The normalized spacial score (nSPS) is 16.7. The second kappa shape index (κ2) is 6.65. The number of benzene rings is 2. The lowest BCUT2D eigenvalue weighted by Crippen LogP contribution is -2.31. The molecule has 2 aromatic carbocycles. The third-order valence-corrected chi connectivity index (χ3v) is 4.66. The number of halogens is 1. The molecule has 7 heteroatoms. The van der Waals surface area contributed by atoms with Crippen molar-refractivity contribution in [3.8, 4) is 6.07 Å². The number of carbonyl (C=O) groups is 1. The molecule has 26 heavy (non-hydrogen) atoms. The minimum Gasteiger partial charge on any atom is -0.307 e. The molecule has 1 aliphatic rings. The maximum Gasteiger partial charge on any atom is 0.180 e. The second-order valence-corrected chi connectivity index (χ2v) is 6.47. The fourth-order valence-corrected chi connectivity index (χ4v) is 3.44. The number of nitriles is 1. The number of hydrogen-bond acceptors (Lipinski definition) is 5. The molecule has 4 rings (SSSR count). The molecular weight excluding hydrogens is 333 g/mol. The molecule has 0 spiro atoms. The largest absolute Gasteiger partial charge is 0.307 e. The summed E-state index contributed by atoms with van der Waals surface area (Å²) in [6.45, 7) is 0.827. The van der Waals surface area contributed by atoms with Gasteiger partial charge in [-0.15, -0.1) is 0 Å². The van der Waals surface area contributed by atoms with Gasteiger partial charge in [0.05, 0.1) is 17.7 Å². The van der Waals surface area contributed by atoms with Gasteiger partial charge in [0.2, 0.25) is 0 Å². The molecule has 1 aromatic heterocycles. The molecule has 0 radical (unpaired) electrons. The summed E-state index contributed by atoms with van der Waals surface area (Å²) in [4.78, 5) is 13.0. The molecule has 6 nitrogen and oxygen atoms in total. The molecule has 0 saturated carbocycles. The van der Waals surface area contributed by atoms with Gasteiger partial charge in [0.15, 0.2) is 5.78 Å². The van der Waals surface area contributed by atoms with Gasteiger partial charge < -0.3 is 5.32 Å². The predicted molar refractivity (Wildman–Crippen MR) is 93.2 cm³/mol. The zero-order valence-corrected chi connectivity index (χ0v) is 13.9. The SMILES string of the molecule is N#Cc1cc(F)cc(Cc2cc3n[nH]nc3cc2C(=O)C2CCCN2)c1. The van der Waals surface area contributed by atoms with Crippen molar-refractivity contribution in [2.24, 2.45) is 0 Å². The lowest BCUT2D eigenvalue weighted by Gasteiger charge is -2.14. The van der Waals surface area contributed by atoms with Crippen LogP contribution in [0.5, 0.6) is 0 Å². The quantitative estimate of drug-likeness (QED) is 0.706. The first kappa shape index (κ1) is 16.4. The van der Waals surface area contributed by atoms with Crippen LogP contribution in [0, 0.1) is 17.1 Å². The highest BCUT2D eigenvalue weighted by molar-refractivity contribution is 6.04. The van der Waals surface area contributed by atoms with E-state index in [1.807, 2.05) is 6.07 Å². The Bertz CT molecular complexity index is 1030. The number of fused-ring (bicyclic) bond motifs is 1. The number of hydrogen-bond donors (Lipinski definition) is 2. The number of rotatable bonds is 4. The summed E-state index contributed by atoms with van der Waals surface area (Å²) in [6.07, 6.45) is 2.10. The van der Waals surface area contributed by atoms with Gasteiger partial charge in [-0.25, -0.2) is 4.39 Å². The Kier molecular flexibility index (Phi) is 4.19. The third kappa shape index (κ3) is 3.07. The van der Waals surface area contributed by atoms with Crippen LogP contribution in [-0.4, -0.2) is 33.8 Å². The smallest absolute Gasteiger partial charge is 0.180 e. The zero-order valence-electron chi connectivity index (χ0n) is 13.9. The second-order valence-electron chi connectivity index (χ2n) is 6.47. The Morgan fingerprint density at radius 1 is 1.23 bits per heavy atom. The molecule has 3 aromatic rings. The molecule has 2 heterocycles. The maximum absolute atomic E-state index is 13.8. The first-order chi connectivity index (χ1) is 12.6. The Morgan fingerprint density at radius 2 is 2.04 bits per heavy atom. The van der Waals surface area contributed by atoms with E-state index in [9.17, 15) is 9.18 Å². The van der Waals surface area contributed by atoms with E-state index in [1.54, 1.807) is 18.2 Å². The maximum atomic E-state index is 13.8. The summed E-state index contributed by atoms with van der Waals surface area (Å²) in [5.74, 6) is -0.453. The van der Waals surface area contributed by atoms with Crippen molar-refractivity contribution in [3.05, 3.63) is 58.4 Å². The van der Waals surface area contributed by atoms with Crippen molar-refractivity contribution in [3.63, 3.8) is 0 Å². The summed E-state index contributed by atoms with van der Waals surface area (Å²) in [6, 6.07) is 9.51. The van der Waals surface area contributed by atoms with Crippen LogP contribution in [0.1, 0.15) is 39.9 Å². The molecule has 1 atom stereocenters. The minimum atomic E-state index is -0.466. The monoisotopic (exact) mass is 349 g/mol. The van der Waals surface area contributed by atoms with Crippen LogP contribution in [0.4, 0.5) is 4.39 Å². The van der Waals surface area contributed by atoms with E-state index < -0.39 is 5.82 Å². The number of aromatic amines is 1. The summed E-state index contributed by atoms with van der Waals surface area (Å²) < 4.78 is 13.8. The van der Waals surface area contributed by atoms with Gasteiger partial charge in [0, 0.05) is 5.56 Å². The minimum absolute atomic E-state index is 0.0132. The van der Waals surface area contributed by atoms with E-state index in [0.29, 0.717) is 28.6 Å². The van der Waals surface area contributed by atoms with Crippen LogP contribution in [0.3, 0.4) is 0 Å². The van der Waals surface area contributed by atoms with E-state index in [2.05, 4.69) is 20.7 Å². The third-order valence-electron chi connectivity index (χ3n) is 4.66. The Labute approximate surface area is 149 Å². The summed E-state index contributed by atoms with van der Waals surface area (Å²) in [7, 11) is 0. The molecule has 1 unspecified atom stereocenters. The molecule has 1 aliphatic heterocycles. The first-order valence-electron chi connectivity index (χ1n) is 8.44. The number of carbonyl (C=O) groups excluding carboxylic acids is 1. The van der Waals surface area contributed by atoms with Crippen molar-refractivity contribution in [2.45, 2.75) is 25.3 Å². The number of Topliss-reactive ketones (excluding diaryl/α,β-unsaturated/α-hetero) is 1. The molecule has 1 saturated heterocycles. The Balaban J connectivity index is 1.77. The van der Waals surface area contributed by atoms with Gasteiger partial charge in [-0.1, -0.05) is 0 Å². The molecule has 0 amide bonds. The fourth-order valence-electron chi connectivity index (χ4n) is 3.44. The Hall–Kier alpha value is -3.11. The van der Waals surface area contributed by atoms with E-state index in [1.165, 1.54) is 12.1 Å². The van der Waals surface area contributed by atoms with Gasteiger partial charge in [-0.3, -0.25) is 4.79 Å². The van der Waals surface area contributed by atoms with E-state index in [4.69, 9.17) is 5.26 Å². The number of H-pyrrole nitrogens is 1. The van der Waals surface area contributed by atoms with Crippen LogP contribution in [-0.2, 0) is 6.42 Å². The van der Waals surface area contributed by atoms with Crippen LogP contribution in [0.15, 0.2) is 30.3 Å². The van der Waals surface area contributed by atoms with Gasteiger partial charge in [0.25, 0.3) is 0 Å². The van der Waals surface area contributed by atoms with Gasteiger partial charge in [0.1, 0.15) is 16.9 Å². The van der Waals surface area contributed by atoms with Crippen molar-refractivity contribution in [2.75, 3.05) is 6.54 Å². The molecule has 0 aliphatic carbocycles. The Morgan fingerprint density at radius 3 is 2.77 bits per heavy atom. The number of aromatic nitrogens is 3. The van der Waals surface area contributed by atoms with Crippen LogP contribution in [0.2, 0.25) is 0 Å². The highest BCUT2D eigenvalue weighted by Gasteiger charge is 2.26. The molecule has 2 N–H and O–H groups in total. The topological polar surface area (TPSA) is 94.5 Å². The number of ketones is 1. The summed E-state index contributed by atoms with van der Waals surface area (Å²) in [5.41, 5.74) is 3.47. The fraction of sp³-hybridized carbons (Fsp3) is 0.263. The van der Waals surface area contributed by atoms with Crippen LogP contribution in [0.25, 0.3) is 11.0 Å². The lowest BCUT2D eigenvalue weighted by atomic mass is 9.92. The van der Waals surface area contributed by atoms with Crippen molar-refractivity contribution >= 4 is 16.8 Å². The molecule has 1 fully saturated rings. The zero-order chi connectivity index (χ0) is 18.1. The average Bonchev–Trinajstić information content (AvgIpc) is 3.31. The number of nitrogens with zero attached hydrogens (tertiary/aromatic N) is 3. The van der Waals surface area contributed by atoms with Crippen LogP contribution >= 0.6 is 0 Å². The van der Waals surface area contributed by atoms with Crippen molar-refractivity contribution in [1.82, 2.24) is 20.7 Å². The van der Waals surface area contributed by atoms with E-state index in [-0.39, 0.29) is 17.4 Å². The average molecular weight is 349 g/mol. The van der Waals surface area contributed by atoms with Gasteiger partial charge in [-0.2, -0.15) is 20.7 Å². The predicted octanol–water partition coefficient (Wildman–Crippen LogP) is 2.49. The van der Waals surface area contributed by atoms with E-state index >= 15 is 0 Å². The van der Waals surface area contributed by atoms with E-state index in [0.717, 1.165) is 24.9 Å².